The molecule has 1 rings (SSSR count). The Kier molecular flexibility index (Phi) is 2.21. The molecule has 3 atom stereocenters. The lowest BCUT2D eigenvalue weighted by Gasteiger charge is -2.26. The fourth-order valence-electron chi connectivity index (χ4n) is 1.56. The third kappa shape index (κ3) is 1.25. The molecule has 72 valence electrons. The van der Waals surface area contributed by atoms with Gasteiger partial charge in [-0.25, -0.2) is 0 Å². The van der Waals surface area contributed by atoms with Crippen molar-refractivity contribution in [3.63, 3.8) is 0 Å². The summed E-state index contributed by atoms with van der Waals surface area (Å²) in [5, 5.41) is 28.0. The second-order valence-electron chi connectivity index (χ2n) is 4.07. The number of hydrogen-bond acceptors (Lipinski definition) is 4. The van der Waals surface area contributed by atoms with Gasteiger partial charge in [-0.15, -0.1) is 0 Å². The van der Waals surface area contributed by atoms with Crippen LogP contribution in [0.4, 0.5) is 0 Å². The summed E-state index contributed by atoms with van der Waals surface area (Å²) in [7, 11) is 0. The van der Waals surface area contributed by atoms with Gasteiger partial charge in [0.05, 0.1) is 12.2 Å². The van der Waals surface area contributed by atoms with Crippen LogP contribution in [0, 0.1) is 0 Å². The molecular formula is C8H16O4. The summed E-state index contributed by atoms with van der Waals surface area (Å²) in [4.78, 5) is 0. The highest BCUT2D eigenvalue weighted by molar-refractivity contribution is 5.03. The Labute approximate surface area is 71.8 Å². The SMILES string of the molecule is CC1(C)OC(C)(CO)C(O)C1O. The van der Waals surface area contributed by atoms with Gasteiger partial charge in [-0.05, 0) is 20.8 Å². The predicted octanol–water partition coefficient (Wildman–Crippen LogP) is -0.732. The first-order chi connectivity index (χ1) is 5.33. The zero-order valence-electron chi connectivity index (χ0n) is 7.61. The summed E-state index contributed by atoms with van der Waals surface area (Å²) in [6, 6.07) is 0. The van der Waals surface area contributed by atoms with Crippen molar-refractivity contribution >= 4 is 0 Å². The standard InChI is InChI=1S/C8H16O4/c1-7(2)5(10)6(11)8(3,4-9)12-7/h5-6,9-11H,4H2,1-3H3. The van der Waals surface area contributed by atoms with E-state index in [0.717, 1.165) is 0 Å². The summed E-state index contributed by atoms with van der Waals surface area (Å²) in [5.41, 5.74) is -1.83. The lowest BCUT2D eigenvalue weighted by molar-refractivity contribution is -0.126. The Morgan fingerprint density at radius 2 is 1.67 bits per heavy atom. The van der Waals surface area contributed by atoms with Gasteiger partial charge >= 0.3 is 0 Å². The van der Waals surface area contributed by atoms with Crippen LogP contribution >= 0.6 is 0 Å². The Hall–Kier alpha value is -0.160. The number of aliphatic hydroxyl groups excluding tert-OH is 3. The molecule has 0 aromatic heterocycles. The van der Waals surface area contributed by atoms with Crippen molar-refractivity contribution in [2.45, 2.75) is 44.2 Å². The Morgan fingerprint density at radius 3 is 1.83 bits per heavy atom. The number of aliphatic hydroxyl groups is 3. The third-order valence-corrected chi connectivity index (χ3v) is 2.45. The van der Waals surface area contributed by atoms with Crippen molar-refractivity contribution < 1.29 is 20.1 Å². The van der Waals surface area contributed by atoms with Crippen molar-refractivity contribution in [3.8, 4) is 0 Å². The van der Waals surface area contributed by atoms with Crippen molar-refractivity contribution in [2.24, 2.45) is 0 Å². The highest BCUT2D eigenvalue weighted by atomic mass is 16.6. The lowest BCUT2D eigenvalue weighted by Crippen LogP contribution is -2.43. The highest BCUT2D eigenvalue weighted by Crippen LogP contribution is 2.37. The third-order valence-electron chi connectivity index (χ3n) is 2.45. The minimum absolute atomic E-state index is 0.297. The molecule has 0 aromatic rings. The van der Waals surface area contributed by atoms with Crippen molar-refractivity contribution in [1.82, 2.24) is 0 Å². The molecular weight excluding hydrogens is 160 g/mol. The van der Waals surface area contributed by atoms with Crippen LogP contribution in [-0.2, 0) is 4.74 Å². The summed E-state index contributed by atoms with van der Waals surface area (Å²) < 4.78 is 5.36. The second-order valence-corrected chi connectivity index (χ2v) is 4.07. The van der Waals surface area contributed by atoms with E-state index in [1.807, 2.05) is 0 Å². The van der Waals surface area contributed by atoms with Gasteiger partial charge in [0, 0.05) is 0 Å². The molecule has 0 aromatic carbocycles. The largest absolute Gasteiger partial charge is 0.393 e. The fourth-order valence-corrected chi connectivity index (χ4v) is 1.56. The molecule has 0 bridgehead atoms. The molecule has 1 aliphatic heterocycles. The molecule has 1 saturated heterocycles. The van der Waals surface area contributed by atoms with E-state index in [2.05, 4.69) is 0 Å². The average Bonchev–Trinajstić information content (AvgIpc) is 2.13. The van der Waals surface area contributed by atoms with Crippen molar-refractivity contribution in [1.29, 1.82) is 0 Å². The molecule has 0 aliphatic carbocycles. The van der Waals surface area contributed by atoms with Gasteiger partial charge in [-0.1, -0.05) is 0 Å². The summed E-state index contributed by atoms with van der Waals surface area (Å²) >= 11 is 0. The lowest BCUT2D eigenvalue weighted by atomic mass is 9.93. The molecule has 4 nitrogen and oxygen atoms in total. The molecule has 4 heteroatoms. The van der Waals surface area contributed by atoms with Gasteiger partial charge in [0.15, 0.2) is 0 Å². The van der Waals surface area contributed by atoms with Gasteiger partial charge in [0.1, 0.15) is 17.8 Å². The van der Waals surface area contributed by atoms with Crippen molar-refractivity contribution in [3.05, 3.63) is 0 Å². The highest BCUT2D eigenvalue weighted by Gasteiger charge is 2.54. The molecule has 0 amide bonds. The van der Waals surface area contributed by atoms with Crippen LogP contribution in [0.15, 0.2) is 0 Å². The van der Waals surface area contributed by atoms with Crippen LogP contribution in [0.1, 0.15) is 20.8 Å². The van der Waals surface area contributed by atoms with E-state index in [0.29, 0.717) is 0 Å². The minimum atomic E-state index is -1.04. The Morgan fingerprint density at radius 1 is 1.17 bits per heavy atom. The molecule has 0 saturated carbocycles. The van der Waals surface area contributed by atoms with Crippen LogP contribution in [0.25, 0.3) is 0 Å². The van der Waals surface area contributed by atoms with E-state index >= 15 is 0 Å². The van der Waals surface area contributed by atoms with Crippen LogP contribution in [-0.4, -0.2) is 45.3 Å². The quantitative estimate of drug-likeness (QED) is 0.492. The molecule has 1 heterocycles. The van der Waals surface area contributed by atoms with E-state index in [1.165, 1.54) is 0 Å². The van der Waals surface area contributed by atoms with Gasteiger partial charge in [-0.2, -0.15) is 0 Å². The van der Waals surface area contributed by atoms with Crippen LogP contribution in [0.3, 0.4) is 0 Å². The molecule has 0 spiro atoms. The summed E-state index contributed by atoms with van der Waals surface area (Å²) in [6.45, 7) is 4.65. The van der Waals surface area contributed by atoms with Gasteiger partial charge < -0.3 is 20.1 Å². The topological polar surface area (TPSA) is 69.9 Å². The van der Waals surface area contributed by atoms with E-state index < -0.39 is 23.4 Å². The molecule has 1 aliphatic rings. The predicted molar refractivity (Wildman–Crippen MR) is 42.7 cm³/mol. The number of ether oxygens (including phenoxy) is 1. The maximum atomic E-state index is 9.52. The molecule has 3 N–H and O–H groups in total. The smallest absolute Gasteiger partial charge is 0.118 e. The van der Waals surface area contributed by atoms with E-state index in [-0.39, 0.29) is 6.61 Å². The monoisotopic (exact) mass is 176 g/mol. The van der Waals surface area contributed by atoms with Gasteiger partial charge in [-0.3, -0.25) is 0 Å². The number of rotatable bonds is 1. The normalized spacial score (nSPS) is 46.5. The van der Waals surface area contributed by atoms with Crippen LogP contribution in [0.2, 0.25) is 0 Å². The van der Waals surface area contributed by atoms with Crippen LogP contribution in [0.5, 0.6) is 0 Å². The van der Waals surface area contributed by atoms with E-state index in [4.69, 9.17) is 9.84 Å². The first-order valence-corrected chi connectivity index (χ1v) is 4.01. The van der Waals surface area contributed by atoms with Crippen molar-refractivity contribution in [2.75, 3.05) is 6.61 Å². The Bertz CT molecular complexity index is 180. The maximum Gasteiger partial charge on any atom is 0.118 e. The van der Waals surface area contributed by atoms with E-state index in [1.54, 1.807) is 20.8 Å². The first-order valence-electron chi connectivity index (χ1n) is 4.01. The Balaban J connectivity index is 2.88. The summed E-state index contributed by atoms with van der Waals surface area (Å²) in [5.74, 6) is 0. The maximum absolute atomic E-state index is 9.52. The molecule has 0 radical (unpaired) electrons. The zero-order chi connectivity index (χ0) is 9.57. The van der Waals surface area contributed by atoms with Gasteiger partial charge in [0.2, 0.25) is 0 Å². The summed E-state index contributed by atoms with van der Waals surface area (Å²) in [6.07, 6.45) is -1.98. The second kappa shape index (κ2) is 2.67. The fraction of sp³-hybridized carbons (Fsp3) is 1.00. The van der Waals surface area contributed by atoms with Crippen LogP contribution < -0.4 is 0 Å². The van der Waals surface area contributed by atoms with Gasteiger partial charge in [0.25, 0.3) is 0 Å². The first kappa shape index (κ1) is 9.92. The molecule has 1 fully saturated rings. The van der Waals surface area contributed by atoms with E-state index in [9.17, 15) is 10.2 Å². The molecule has 12 heavy (non-hydrogen) atoms. The average molecular weight is 176 g/mol. The minimum Gasteiger partial charge on any atom is -0.393 e. The molecule has 3 unspecified atom stereocenters. The number of hydrogen-bond donors (Lipinski definition) is 3. The zero-order valence-corrected chi connectivity index (χ0v) is 7.61.